The molecule has 0 aliphatic carbocycles. The van der Waals surface area contributed by atoms with E-state index in [1.807, 2.05) is 0 Å². The maximum absolute atomic E-state index is 12.4. The summed E-state index contributed by atoms with van der Waals surface area (Å²) in [7, 11) is 0. The summed E-state index contributed by atoms with van der Waals surface area (Å²) in [6.07, 6.45) is 1.55. The lowest BCUT2D eigenvalue weighted by Crippen LogP contribution is -2.56. The molecule has 0 bridgehead atoms. The van der Waals surface area contributed by atoms with Crippen molar-refractivity contribution in [2.45, 2.75) is 5.92 Å². The summed E-state index contributed by atoms with van der Waals surface area (Å²) in [6, 6.07) is 6.04. The first kappa shape index (κ1) is 7.46. The number of pyridine rings is 1. The Morgan fingerprint density at radius 3 is 2.75 bits per heavy atom. The highest BCUT2D eigenvalue weighted by atomic mass is 19.3. The average Bonchev–Trinajstić information content (AvgIpc) is 2.02. The fourth-order valence-electron chi connectivity index (χ4n) is 1.16. The summed E-state index contributed by atoms with van der Waals surface area (Å²) >= 11 is 0. The van der Waals surface area contributed by atoms with E-state index in [1.54, 1.807) is 18.3 Å². The van der Waals surface area contributed by atoms with Crippen LogP contribution in [-0.2, 0) is 0 Å². The van der Waals surface area contributed by atoms with Crippen molar-refractivity contribution in [3.8, 4) is 0 Å². The Morgan fingerprint density at radius 2 is 2.25 bits per heavy atom. The van der Waals surface area contributed by atoms with E-state index in [2.05, 4.69) is 11.1 Å². The molecule has 1 saturated heterocycles. The number of anilines is 1. The Bertz CT molecular complexity index is 266. The van der Waals surface area contributed by atoms with Gasteiger partial charge in [-0.3, -0.25) is 0 Å². The molecule has 1 fully saturated rings. The van der Waals surface area contributed by atoms with E-state index in [1.165, 1.54) is 4.90 Å². The van der Waals surface area contributed by atoms with Crippen molar-refractivity contribution in [2.75, 3.05) is 18.0 Å². The normalized spacial score (nSPS) is 20.3. The van der Waals surface area contributed by atoms with E-state index in [4.69, 9.17) is 0 Å². The number of halogens is 2. The summed E-state index contributed by atoms with van der Waals surface area (Å²) in [5, 5.41) is 0. The molecule has 0 aromatic carbocycles. The summed E-state index contributed by atoms with van der Waals surface area (Å²) in [6.45, 7) is -0.449. The highest BCUT2D eigenvalue weighted by Gasteiger charge is 2.44. The lowest BCUT2D eigenvalue weighted by Gasteiger charge is -2.39. The van der Waals surface area contributed by atoms with Gasteiger partial charge in [-0.2, -0.15) is 0 Å². The molecule has 0 unspecified atom stereocenters. The molecule has 2 rings (SSSR count). The zero-order valence-corrected chi connectivity index (χ0v) is 6.30. The molecule has 1 aromatic heterocycles. The number of hydrogen-bond acceptors (Lipinski definition) is 2. The lowest BCUT2D eigenvalue weighted by atomic mass is 10.1. The molecule has 0 amide bonds. The number of nitrogens with zero attached hydrogens (tertiary/aromatic N) is 2. The molecule has 0 saturated carbocycles. The van der Waals surface area contributed by atoms with Gasteiger partial charge in [-0.1, -0.05) is 0 Å². The minimum Gasteiger partial charge on any atom is -0.344 e. The van der Waals surface area contributed by atoms with E-state index in [9.17, 15) is 8.78 Å². The lowest BCUT2D eigenvalue weighted by molar-refractivity contribution is -0.0267. The van der Waals surface area contributed by atoms with Crippen LogP contribution in [0.1, 0.15) is 0 Å². The molecule has 1 aliphatic heterocycles. The van der Waals surface area contributed by atoms with Gasteiger partial charge in [-0.05, 0) is 18.2 Å². The molecular weight excluding hydrogens is 162 g/mol. The first-order valence-electron chi connectivity index (χ1n) is 3.62. The third kappa shape index (κ3) is 1.24. The molecule has 12 heavy (non-hydrogen) atoms. The number of hydrogen-bond donors (Lipinski definition) is 0. The number of alkyl halides is 2. The maximum atomic E-state index is 12.4. The second-order valence-electron chi connectivity index (χ2n) is 2.83. The molecular formula is C8H7F2N2. The first-order chi connectivity index (χ1) is 5.67. The molecule has 1 aromatic rings. The van der Waals surface area contributed by atoms with Crippen molar-refractivity contribution in [3.05, 3.63) is 24.4 Å². The Labute approximate surface area is 68.8 Å². The minimum absolute atomic E-state index is 0.224. The zero-order chi connectivity index (χ0) is 8.60. The van der Waals surface area contributed by atoms with E-state index >= 15 is 0 Å². The van der Waals surface area contributed by atoms with Crippen LogP contribution in [0.2, 0.25) is 0 Å². The van der Waals surface area contributed by atoms with Crippen LogP contribution in [-0.4, -0.2) is 24.0 Å². The second kappa shape index (κ2) is 2.40. The quantitative estimate of drug-likeness (QED) is 0.630. The molecule has 0 N–H and O–H groups in total. The summed E-state index contributed by atoms with van der Waals surface area (Å²) in [4.78, 5) is 5.45. The largest absolute Gasteiger partial charge is 0.344 e. The van der Waals surface area contributed by atoms with Gasteiger partial charge >= 0.3 is 0 Å². The topological polar surface area (TPSA) is 16.1 Å². The SMILES string of the molecule is FC1(F)CN(c2c[c]ccn2)C1. The van der Waals surface area contributed by atoms with Gasteiger partial charge in [0.1, 0.15) is 5.82 Å². The number of rotatable bonds is 1. The molecule has 0 spiro atoms. The zero-order valence-electron chi connectivity index (χ0n) is 6.30. The molecule has 4 heteroatoms. The van der Waals surface area contributed by atoms with E-state index in [0.717, 1.165) is 0 Å². The van der Waals surface area contributed by atoms with Gasteiger partial charge in [0.2, 0.25) is 0 Å². The molecule has 1 aliphatic rings. The molecule has 0 atom stereocenters. The van der Waals surface area contributed by atoms with Gasteiger partial charge in [0, 0.05) is 6.20 Å². The van der Waals surface area contributed by atoms with Gasteiger partial charge in [0.05, 0.1) is 13.1 Å². The summed E-state index contributed by atoms with van der Waals surface area (Å²) in [5.41, 5.74) is 0. The van der Waals surface area contributed by atoms with Crippen LogP contribution in [0.3, 0.4) is 0 Å². The van der Waals surface area contributed by atoms with E-state index < -0.39 is 5.92 Å². The third-order valence-electron chi connectivity index (χ3n) is 1.76. The van der Waals surface area contributed by atoms with Crippen molar-refractivity contribution in [1.29, 1.82) is 0 Å². The molecule has 1 radical (unpaired) electrons. The standard InChI is InChI=1S/C8H7F2N2/c9-8(10)5-12(6-8)7-3-1-2-4-11-7/h2-4H,5-6H2. The Hall–Kier alpha value is -1.19. The summed E-state index contributed by atoms with van der Waals surface area (Å²) < 4.78 is 24.8. The highest BCUT2D eigenvalue weighted by molar-refractivity contribution is 5.41. The van der Waals surface area contributed by atoms with Crippen LogP contribution < -0.4 is 4.90 Å². The van der Waals surface area contributed by atoms with Gasteiger partial charge in [-0.25, -0.2) is 13.8 Å². The Balaban J connectivity index is 2.06. The highest BCUT2D eigenvalue weighted by Crippen LogP contribution is 2.29. The third-order valence-corrected chi connectivity index (χ3v) is 1.76. The van der Waals surface area contributed by atoms with Crippen molar-refractivity contribution in [1.82, 2.24) is 4.98 Å². The van der Waals surface area contributed by atoms with Crippen LogP contribution in [0.5, 0.6) is 0 Å². The van der Waals surface area contributed by atoms with Crippen LogP contribution >= 0.6 is 0 Å². The van der Waals surface area contributed by atoms with E-state index in [0.29, 0.717) is 5.82 Å². The monoisotopic (exact) mass is 169 g/mol. The first-order valence-corrected chi connectivity index (χ1v) is 3.62. The van der Waals surface area contributed by atoms with Crippen LogP contribution in [0.15, 0.2) is 18.3 Å². The van der Waals surface area contributed by atoms with Crippen molar-refractivity contribution < 1.29 is 8.78 Å². The second-order valence-corrected chi connectivity index (χ2v) is 2.83. The van der Waals surface area contributed by atoms with Crippen LogP contribution in [0.4, 0.5) is 14.6 Å². The molecule has 2 heterocycles. The van der Waals surface area contributed by atoms with Crippen molar-refractivity contribution in [3.63, 3.8) is 0 Å². The van der Waals surface area contributed by atoms with Gasteiger partial charge in [-0.15, -0.1) is 0 Å². The predicted molar refractivity (Wildman–Crippen MR) is 40.2 cm³/mol. The smallest absolute Gasteiger partial charge is 0.282 e. The average molecular weight is 169 g/mol. The fraction of sp³-hybridized carbons (Fsp3) is 0.375. The summed E-state index contributed by atoms with van der Waals surface area (Å²) in [5.74, 6) is -1.96. The molecule has 63 valence electrons. The van der Waals surface area contributed by atoms with Crippen molar-refractivity contribution >= 4 is 5.82 Å². The predicted octanol–water partition coefficient (Wildman–Crippen LogP) is 1.34. The van der Waals surface area contributed by atoms with Gasteiger partial charge in [0.15, 0.2) is 0 Å². The van der Waals surface area contributed by atoms with Crippen molar-refractivity contribution in [2.24, 2.45) is 0 Å². The van der Waals surface area contributed by atoms with Gasteiger partial charge in [0.25, 0.3) is 5.92 Å². The minimum atomic E-state index is -2.53. The Morgan fingerprint density at radius 1 is 1.50 bits per heavy atom. The van der Waals surface area contributed by atoms with E-state index in [-0.39, 0.29) is 13.1 Å². The number of aromatic nitrogens is 1. The van der Waals surface area contributed by atoms with Crippen LogP contribution in [0.25, 0.3) is 0 Å². The molecule has 2 nitrogen and oxygen atoms in total. The van der Waals surface area contributed by atoms with Gasteiger partial charge < -0.3 is 4.90 Å². The fourth-order valence-corrected chi connectivity index (χ4v) is 1.16. The Kier molecular flexibility index (Phi) is 1.49. The van der Waals surface area contributed by atoms with Crippen LogP contribution in [0, 0.1) is 6.07 Å². The maximum Gasteiger partial charge on any atom is 0.282 e.